The first-order chi connectivity index (χ1) is 14.9. The summed E-state index contributed by atoms with van der Waals surface area (Å²) < 4.78 is 37.3. The molecule has 166 valence electrons. The number of rotatable bonds is 5. The third kappa shape index (κ3) is 4.81. The molecule has 2 saturated heterocycles. The van der Waals surface area contributed by atoms with Crippen molar-refractivity contribution in [3.63, 3.8) is 0 Å². The zero-order chi connectivity index (χ0) is 21.8. The lowest BCUT2D eigenvalue weighted by atomic mass is 9.96. The summed E-state index contributed by atoms with van der Waals surface area (Å²) in [5.41, 5.74) is 0.875. The van der Waals surface area contributed by atoms with Crippen molar-refractivity contribution in [2.45, 2.75) is 17.7 Å². The van der Waals surface area contributed by atoms with Gasteiger partial charge in [-0.05, 0) is 37.1 Å². The van der Waals surface area contributed by atoms with Crippen molar-refractivity contribution >= 4 is 27.5 Å². The lowest BCUT2D eigenvalue weighted by molar-refractivity contribution is -0.121. The smallest absolute Gasteiger partial charge is 0.257 e. The van der Waals surface area contributed by atoms with Crippen LogP contribution in [-0.2, 0) is 19.6 Å². The molecule has 2 amide bonds. The predicted octanol–water partition coefficient (Wildman–Crippen LogP) is 1.79. The Labute approximate surface area is 181 Å². The van der Waals surface area contributed by atoms with E-state index in [1.54, 1.807) is 23.1 Å². The second kappa shape index (κ2) is 9.21. The second-order valence-electron chi connectivity index (χ2n) is 7.64. The Kier molecular flexibility index (Phi) is 6.40. The van der Waals surface area contributed by atoms with Gasteiger partial charge in [-0.1, -0.05) is 6.07 Å². The van der Waals surface area contributed by atoms with Gasteiger partial charge in [-0.2, -0.15) is 4.31 Å². The minimum Gasteiger partial charge on any atom is -0.472 e. The molecular formula is C21H25N3O6S. The summed E-state index contributed by atoms with van der Waals surface area (Å²) in [4.78, 5) is 27.2. The van der Waals surface area contributed by atoms with Crippen molar-refractivity contribution in [3.8, 4) is 0 Å². The van der Waals surface area contributed by atoms with E-state index in [2.05, 4.69) is 5.32 Å². The number of piperidine rings is 1. The Balaban J connectivity index is 1.42. The SMILES string of the molecule is O=C(Nc1cccc(S(=O)(=O)N2CCOCC2)c1)[C@H]1CCCN(C(=O)c2ccoc2)C1. The number of amides is 2. The molecule has 2 aromatic rings. The van der Waals surface area contributed by atoms with Crippen molar-refractivity contribution in [1.82, 2.24) is 9.21 Å². The van der Waals surface area contributed by atoms with Crippen LogP contribution in [0.3, 0.4) is 0 Å². The third-order valence-electron chi connectivity index (χ3n) is 5.56. The summed E-state index contributed by atoms with van der Waals surface area (Å²) in [5.74, 6) is -0.764. The molecule has 0 saturated carbocycles. The summed E-state index contributed by atoms with van der Waals surface area (Å²) in [6.45, 7) is 2.24. The van der Waals surface area contributed by atoms with Crippen molar-refractivity contribution in [2.75, 3.05) is 44.7 Å². The van der Waals surface area contributed by atoms with Crippen LogP contribution in [0.2, 0.25) is 0 Å². The Hall–Kier alpha value is -2.69. The number of carbonyl (C=O) groups is 2. The number of anilines is 1. The van der Waals surface area contributed by atoms with E-state index in [-0.39, 0.29) is 22.6 Å². The fraction of sp³-hybridized carbons (Fsp3) is 0.429. The molecule has 4 rings (SSSR count). The molecule has 0 unspecified atom stereocenters. The van der Waals surface area contributed by atoms with E-state index in [4.69, 9.17) is 9.15 Å². The largest absolute Gasteiger partial charge is 0.472 e. The van der Waals surface area contributed by atoms with Gasteiger partial charge in [-0.25, -0.2) is 8.42 Å². The molecule has 2 aliphatic heterocycles. The minimum atomic E-state index is -3.65. The topological polar surface area (TPSA) is 109 Å². The van der Waals surface area contributed by atoms with Gasteiger partial charge in [-0.15, -0.1) is 0 Å². The van der Waals surface area contributed by atoms with Crippen molar-refractivity contribution in [2.24, 2.45) is 5.92 Å². The van der Waals surface area contributed by atoms with Gasteiger partial charge in [0.15, 0.2) is 0 Å². The molecule has 3 heterocycles. The van der Waals surface area contributed by atoms with Crippen LogP contribution >= 0.6 is 0 Å². The minimum absolute atomic E-state index is 0.132. The standard InChI is InChI=1S/C21H25N3O6S/c25-20(16-3-2-7-23(14-16)21(26)17-6-10-30-15-17)22-18-4-1-5-19(13-18)31(27,28)24-8-11-29-12-9-24/h1,4-6,10,13,15-16H,2-3,7-9,11-12,14H2,(H,22,25)/t16-/m0/s1. The molecule has 0 bridgehead atoms. The van der Waals surface area contributed by atoms with E-state index in [9.17, 15) is 18.0 Å². The average molecular weight is 448 g/mol. The van der Waals surface area contributed by atoms with Crippen LogP contribution in [0.15, 0.2) is 52.2 Å². The molecule has 9 nitrogen and oxygen atoms in total. The highest BCUT2D eigenvalue weighted by molar-refractivity contribution is 7.89. The maximum Gasteiger partial charge on any atom is 0.257 e. The Morgan fingerprint density at radius 1 is 1.10 bits per heavy atom. The highest BCUT2D eigenvalue weighted by Crippen LogP contribution is 2.23. The van der Waals surface area contributed by atoms with E-state index in [0.29, 0.717) is 63.5 Å². The molecular weight excluding hydrogens is 422 g/mol. The van der Waals surface area contributed by atoms with E-state index in [1.165, 1.54) is 29.0 Å². The van der Waals surface area contributed by atoms with E-state index in [0.717, 1.165) is 0 Å². The molecule has 10 heteroatoms. The Morgan fingerprint density at radius 3 is 2.65 bits per heavy atom. The average Bonchev–Trinajstić information content (AvgIpc) is 3.34. The van der Waals surface area contributed by atoms with Gasteiger partial charge in [-0.3, -0.25) is 9.59 Å². The Morgan fingerprint density at radius 2 is 1.90 bits per heavy atom. The third-order valence-corrected chi connectivity index (χ3v) is 7.45. The molecule has 2 fully saturated rings. The van der Waals surface area contributed by atoms with Crippen molar-refractivity contribution < 1.29 is 27.2 Å². The number of likely N-dealkylation sites (tertiary alicyclic amines) is 1. The van der Waals surface area contributed by atoms with Crippen molar-refractivity contribution in [3.05, 3.63) is 48.4 Å². The van der Waals surface area contributed by atoms with Gasteiger partial charge >= 0.3 is 0 Å². The monoisotopic (exact) mass is 447 g/mol. The lowest BCUT2D eigenvalue weighted by Crippen LogP contribution is -2.43. The quantitative estimate of drug-likeness (QED) is 0.749. The number of carbonyl (C=O) groups excluding carboxylic acids is 2. The summed E-state index contributed by atoms with van der Waals surface area (Å²) in [6.07, 6.45) is 4.21. The number of nitrogens with zero attached hydrogens (tertiary/aromatic N) is 2. The molecule has 2 aliphatic rings. The first-order valence-corrected chi connectivity index (χ1v) is 11.7. The summed E-state index contributed by atoms with van der Waals surface area (Å²) in [5, 5.41) is 2.82. The normalized spacial score (nSPS) is 20.4. The number of ether oxygens (including phenoxy) is 1. The number of nitrogens with one attached hydrogen (secondary N) is 1. The van der Waals surface area contributed by atoms with Crippen LogP contribution in [0.25, 0.3) is 0 Å². The lowest BCUT2D eigenvalue weighted by Gasteiger charge is -2.31. The summed E-state index contributed by atoms with van der Waals surface area (Å²) in [7, 11) is -3.65. The molecule has 1 aromatic heterocycles. The molecule has 0 spiro atoms. The van der Waals surface area contributed by atoms with Crippen LogP contribution in [0.1, 0.15) is 23.2 Å². The molecule has 1 aromatic carbocycles. The number of hydrogen-bond donors (Lipinski definition) is 1. The van der Waals surface area contributed by atoms with E-state index < -0.39 is 10.0 Å². The Bertz CT molecular complexity index is 1030. The van der Waals surface area contributed by atoms with Gasteiger partial charge in [0, 0.05) is 31.9 Å². The highest BCUT2D eigenvalue weighted by Gasteiger charge is 2.30. The van der Waals surface area contributed by atoms with Crippen LogP contribution in [0.4, 0.5) is 5.69 Å². The molecule has 1 atom stereocenters. The highest BCUT2D eigenvalue weighted by atomic mass is 32.2. The summed E-state index contributed by atoms with van der Waals surface area (Å²) >= 11 is 0. The number of hydrogen-bond acceptors (Lipinski definition) is 6. The van der Waals surface area contributed by atoms with Crippen molar-refractivity contribution in [1.29, 1.82) is 0 Å². The van der Waals surface area contributed by atoms with Gasteiger partial charge < -0.3 is 19.4 Å². The summed E-state index contributed by atoms with van der Waals surface area (Å²) in [6, 6.07) is 7.87. The zero-order valence-corrected chi connectivity index (χ0v) is 17.8. The van der Waals surface area contributed by atoms with Crippen LogP contribution in [0.5, 0.6) is 0 Å². The first kappa shape index (κ1) is 21.5. The van der Waals surface area contributed by atoms with Gasteiger partial charge in [0.05, 0.1) is 35.9 Å². The van der Waals surface area contributed by atoms with E-state index in [1.807, 2.05) is 0 Å². The van der Waals surface area contributed by atoms with Gasteiger partial charge in [0.25, 0.3) is 5.91 Å². The zero-order valence-electron chi connectivity index (χ0n) is 17.0. The number of furan rings is 1. The van der Waals surface area contributed by atoms with Crippen LogP contribution < -0.4 is 5.32 Å². The second-order valence-corrected chi connectivity index (χ2v) is 9.57. The predicted molar refractivity (Wildman–Crippen MR) is 112 cm³/mol. The fourth-order valence-electron chi connectivity index (χ4n) is 3.86. The van der Waals surface area contributed by atoms with Crippen LogP contribution in [0, 0.1) is 5.92 Å². The maximum atomic E-state index is 12.9. The molecule has 0 radical (unpaired) electrons. The van der Waals surface area contributed by atoms with Crippen LogP contribution in [-0.4, -0.2) is 68.8 Å². The van der Waals surface area contributed by atoms with Gasteiger partial charge in [0.1, 0.15) is 6.26 Å². The number of morpholine rings is 1. The molecule has 0 aliphatic carbocycles. The fourth-order valence-corrected chi connectivity index (χ4v) is 5.31. The van der Waals surface area contributed by atoms with Gasteiger partial charge in [0.2, 0.25) is 15.9 Å². The molecule has 31 heavy (non-hydrogen) atoms. The maximum absolute atomic E-state index is 12.9. The van der Waals surface area contributed by atoms with E-state index >= 15 is 0 Å². The number of benzene rings is 1. The number of sulfonamides is 1. The molecule has 1 N–H and O–H groups in total. The first-order valence-electron chi connectivity index (χ1n) is 10.3.